The maximum absolute atomic E-state index is 12.5. The van der Waals surface area contributed by atoms with E-state index in [2.05, 4.69) is 10.2 Å². The van der Waals surface area contributed by atoms with Gasteiger partial charge in [-0.3, -0.25) is 4.90 Å². The predicted octanol–water partition coefficient (Wildman–Crippen LogP) is 4.35. The van der Waals surface area contributed by atoms with Crippen LogP contribution in [-0.2, 0) is 16.0 Å². The van der Waals surface area contributed by atoms with Gasteiger partial charge in [-0.05, 0) is 65.6 Å². The Morgan fingerprint density at radius 2 is 1.90 bits per heavy atom. The van der Waals surface area contributed by atoms with Crippen molar-refractivity contribution in [1.29, 1.82) is 0 Å². The van der Waals surface area contributed by atoms with Crippen LogP contribution in [0.2, 0.25) is 0 Å². The highest BCUT2D eigenvalue weighted by atomic mass is 16.6. The summed E-state index contributed by atoms with van der Waals surface area (Å²) in [5.74, 6) is 0.725. The van der Waals surface area contributed by atoms with E-state index in [4.69, 9.17) is 13.9 Å². The van der Waals surface area contributed by atoms with Crippen molar-refractivity contribution in [2.75, 3.05) is 26.2 Å². The van der Waals surface area contributed by atoms with Crippen molar-refractivity contribution >= 4 is 23.0 Å². The molecule has 0 atom stereocenters. The molecule has 1 aliphatic heterocycles. The topological polar surface area (TPSA) is 81.0 Å². The first kappa shape index (κ1) is 22.2. The van der Waals surface area contributed by atoms with Crippen molar-refractivity contribution in [1.82, 2.24) is 10.2 Å². The number of amides is 1. The van der Waals surface area contributed by atoms with Gasteiger partial charge in [0.1, 0.15) is 22.5 Å². The van der Waals surface area contributed by atoms with Crippen LogP contribution in [-0.4, -0.2) is 48.8 Å². The molecule has 1 aliphatic rings. The summed E-state index contributed by atoms with van der Waals surface area (Å²) >= 11 is 0. The minimum absolute atomic E-state index is 0.327. The first-order chi connectivity index (χ1) is 14.3. The predicted molar refractivity (Wildman–Crippen MR) is 114 cm³/mol. The molecular weight excluding hydrogens is 384 g/mol. The smallest absolute Gasteiger partial charge is 0.407 e. The summed E-state index contributed by atoms with van der Waals surface area (Å²) in [6, 6.07) is 7.56. The first-order valence-electron chi connectivity index (χ1n) is 10.6. The van der Waals surface area contributed by atoms with E-state index in [-0.39, 0.29) is 12.1 Å². The van der Waals surface area contributed by atoms with E-state index in [1.165, 1.54) is 0 Å². The standard InChI is InChI=1S/C23H32N2O5/c1-5-28-21(26)20-17-8-6-7-9-18(17)29-19(20)15-25-12-10-16(11-13-25)14-24-22(27)30-23(2,3)4/h6-9,16H,5,10-15H2,1-4H3,(H,24,27). The van der Waals surface area contributed by atoms with Crippen molar-refractivity contribution < 1.29 is 23.5 Å². The normalized spacial score (nSPS) is 15.9. The minimum atomic E-state index is -0.489. The van der Waals surface area contributed by atoms with Gasteiger partial charge in [-0.1, -0.05) is 18.2 Å². The summed E-state index contributed by atoms with van der Waals surface area (Å²) in [4.78, 5) is 26.7. The van der Waals surface area contributed by atoms with E-state index < -0.39 is 5.60 Å². The van der Waals surface area contributed by atoms with Crippen LogP contribution < -0.4 is 5.32 Å². The zero-order valence-electron chi connectivity index (χ0n) is 18.3. The van der Waals surface area contributed by atoms with Gasteiger partial charge in [-0.2, -0.15) is 0 Å². The van der Waals surface area contributed by atoms with Crippen molar-refractivity contribution in [2.24, 2.45) is 5.92 Å². The molecule has 2 aromatic rings. The molecule has 1 aromatic carbocycles. The molecule has 164 valence electrons. The van der Waals surface area contributed by atoms with Crippen LogP contribution >= 0.6 is 0 Å². The number of rotatable bonds is 6. The van der Waals surface area contributed by atoms with Crippen LogP contribution in [0, 0.1) is 5.92 Å². The fourth-order valence-electron chi connectivity index (χ4n) is 3.73. The van der Waals surface area contributed by atoms with Crippen molar-refractivity contribution in [3.63, 3.8) is 0 Å². The molecule has 1 N–H and O–H groups in total. The number of carbonyl (C=O) groups is 2. The molecule has 0 radical (unpaired) electrons. The van der Waals surface area contributed by atoms with Crippen LogP contribution in [0.4, 0.5) is 4.79 Å². The summed E-state index contributed by atoms with van der Waals surface area (Å²) in [6.45, 7) is 10.6. The molecule has 1 saturated heterocycles. The average Bonchev–Trinajstić information content (AvgIpc) is 3.04. The Labute approximate surface area is 177 Å². The van der Waals surface area contributed by atoms with Gasteiger partial charge in [0.05, 0.1) is 13.2 Å². The maximum atomic E-state index is 12.5. The first-order valence-corrected chi connectivity index (χ1v) is 10.6. The molecule has 7 heteroatoms. The summed E-state index contributed by atoms with van der Waals surface area (Å²) in [6.07, 6.45) is 1.56. The number of nitrogens with one attached hydrogen (secondary N) is 1. The number of fused-ring (bicyclic) bond motifs is 1. The maximum Gasteiger partial charge on any atom is 0.407 e. The number of likely N-dealkylation sites (tertiary alicyclic amines) is 1. The Hall–Kier alpha value is -2.54. The van der Waals surface area contributed by atoms with Crippen LogP contribution in [0.3, 0.4) is 0 Å². The van der Waals surface area contributed by atoms with Crippen LogP contribution in [0.5, 0.6) is 0 Å². The lowest BCUT2D eigenvalue weighted by Gasteiger charge is -2.31. The van der Waals surface area contributed by atoms with Gasteiger partial charge >= 0.3 is 12.1 Å². The number of alkyl carbamates (subject to hydrolysis) is 1. The van der Waals surface area contributed by atoms with E-state index in [0.717, 1.165) is 31.3 Å². The molecule has 7 nitrogen and oxygen atoms in total. The lowest BCUT2D eigenvalue weighted by molar-refractivity contribution is 0.0507. The summed E-state index contributed by atoms with van der Waals surface area (Å²) < 4.78 is 16.6. The lowest BCUT2D eigenvalue weighted by Crippen LogP contribution is -2.40. The van der Waals surface area contributed by atoms with Crippen molar-refractivity contribution in [3.8, 4) is 0 Å². The molecular formula is C23H32N2O5. The Morgan fingerprint density at radius 3 is 2.57 bits per heavy atom. The average molecular weight is 417 g/mol. The van der Waals surface area contributed by atoms with E-state index in [1.54, 1.807) is 6.92 Å². The molecule has 1 amide bonds. The summed E-state index contributed by atoms with van der Waals surface area (Å²) in [7, 11) is 0. The third-order valence-corrected chi connectivity index (χ3v) is 5.16. The largest absolute Gasteiger partial charge is 0.462 e. The zero-order chi connectivity index (χ0) is 21.7. The number of nitrogens with zero attached hydrogens (tertiary/aromatic N) is 1. The van der Waals surface area contributed by atoms with E-state index in [1.807, 2.05) is 45.0 Å². The Bertz CT molecular complexity index is 875. The molecule has 3 rings (SSSR count). The highest BCUT2D eigenvalue weighted by molar-refractivity contribution is 6.04. The molecule has 30 heavy (non-hydrogen) atoms. The van der Waals surface area contributed by atoms with Crippen molar-refractivity contribution in [3.05, 3.63) is 35.6 Å². The fourth-order valence-corrected chi connectivity index (χ4v) is 3.73. The van der Waals surface area contributed by atoms with Gasteiger partial charge in [0.15, 0.2) is 0 Å². The molecule has 2 heterocycles. The highest BCUT2D eigenvalue weighted by Crippen LogP contribution is 2.29. The third kappa shape index (κ3) is 5.75. The lowest BCUT2D eigenvalue weighted by atomic mass is 9.96. The second-order valence-electron chi connectivity index (χ2n) is 8.72. The van der Waals surface area contributed by atoms with Gasteiger partial charge in [0, 0.05) is 11.9 Å². The molecule has 0 unspecified atom stereocenters. The number of ether oxygens (including phenoxy) is 2. The van der Waals surface area contributed by atoms with Crippen molar-refractivity contribution in [2.45, 2.75) is 52.7 Å². The highest BCUT2D eigenvalue weighted by Gasteiger charge is 2.26. The Balaban J connectivity index is 1.57. The van der Waals surface area contributed by atoms with Gasteiger partial charge in [-0.15, -0.1) is 0 Å². The summed E-state index contributed by atoms with van der Waals surface area (Å²) in [5, 5.41) is 3.66. The number of hydrogen-bond acceptors (Lipinski definition) is 6. The number of esters is 1. The van der Waals surface area contributed by atoms with E-state index in [9.17, 15) is 9.59 Å². The van der Waals surface area contributed by atoms with Crippen LogP contribution in [0.1, 0.15) is 56.7 Å². The number of furan rings is 1. The minimum Gasteiger partial charge on any atom is -0.462 e. The number of piperidine rings is 1. The Morgan fingerprint density at radius 1 is 1.20 bits per heavy atom. The summed E-state index contributed by atoms with van der Waals surface area (Å²) in [5.41, 5.74) is 0.740. The number of hydrogen-bond donors (Lipinski definition) is 1. The zero-order valence-corrected chi connectivity index (χ0v) is 18.3. The van der Waals surface area contributed by atoms with Gasteiger partial charge in [0.25, 0.3) is 0 Å². The van der Waals surface area contributed by atoms with Gasteiger partial charge < -0.3 is 19.2 Å². The molecule has 1 aromatic heterocycles. The van der Waals surface area contributed by atoms with Gasteiger partial charge in [-0.25, -0.2) is 9.59 Å². The fraction of sp³-hybridized carbons (Fsp3) is 0.565. The van der Waals surface area contributed by atoms with E-state index in [0.29, 0.717) is 42.5 Å². The van der Waals surface area contributed by atoms with E-state index >= 15 is 0 Å². The van der Waals surface area contributed by atoms with Crippen LogP contribution in [0.25, 0.3) is 11.0 Å². The number of benzene rings is 1. The molecule has 0 saturated carbocycles. The molecule has 0 spiro atoms. The molecule has 0 bridgehead atoms. The monoisotopic (exact) mass is 416 g/mol. The SMILES string of the molecule is CCOC(=O)c1c(CN2CCC(CNC(=O)OC(C)(C)C)CC2)oc2ccccc12. The third-order valence-electron chi connectivity index (χ3n) is 5.16. The van der Waals surface area contributed by atoms with Crippen LogP contribution in [0.15, 0.2) is 28.7 Å². The number of para-hydroxylation sites is 1. The molecule has 0 aliphatic carbocycles. The second-order valence-corrected chi connectivity index (χ2v) is 8.72. The number of carbonyl (C=O) groups excluding carboxylic acids is 2. The van der Waals surface area contributed by atoms with Gasteiger partial charge in [0.2, 0.25) is 0 Å². The molecule has 1 fully saturated rings. The quantitative estimate of drug-likeness (QED) is 0.705. The second kappa shape index (κ2) is 9.51. The Kier molecular flexibility index (Phi) is 7.02.